The van der Waals surface area contributed by atoms with Crippen molar-refractivity contribution in [2.24, 2.45) is 0 Å². The monoisotopic (exact) mass is 201 g/mol. The smallest absolute Gasteiger partial charge is 0.248 e. The number of aromatic amines is 1. The quantitative estimate of drug-likeness (QED) is 0.719. The largest absolute Gasteiger partial charge is 0.384 e. The van der Waals surface area contributed by atoms with Crippen molar-refractivity contribution in [3.63, 3.8) is 0 Å². The van der Waals surface area contributed by atoms with Crippen molar-refractivity contribution in [1.82, 2.24) is 4.98 Å². The van der Waals surface area contributed by atoms with Crippen LogP contribution in [0.15, 0.2) is 18.3 Å². The number of alkyl halides is 2. The number of nitrogens with one attached hydrogen (secondary N) is 1. The van der Waals surface area contributed by atoms with Crippen molar-refractivity contribution >= 4 is 0 Å². The highest BCUT2D eigenvalue weighted by atomic mass is 19.3. The third-order valence-corrected chi connectivity index (χ3v) is 2.91. The summed E-state index contributed by atoms with van der Waals surface area (Å²) in [4.78, 5) is 2.88. The molecule has 1 aromatic rings. The highest BCUT2D eigenvalue weighted by Gasteiger charge is 2.43. The molecule has 1 saturated carbocycles. The molecule has 0 bridgehead atoms. The molecule has 2 N–H and O–H groups in total. The van der Waals surface area contributed by atoms with E-state index < -0.39 is 11.5 Å². The first-order valence-electron chi connectivity index (χ1n) is 4.76. The van der Waals surface area contributed by atoms with Crippen molar-refractivity contribution in [3.8, 4) is 0 Å². The zero-order valence-corrected chi connectivity index (χ0v) is 7.76. The molecule has 0 saturated heterocycles. The molecule has 1 fully saturated rings. The van der Waals surface area contributed by atoms with Crippen LogP contribution in [0.3, 0.4) is 0 Å². The summed E-state index contributed by atoms with van der Waals surface area (Å²) in [6.45, 7) is 0. The Bertz CT molecular complexity index is 298. The first-order chi connectivity index (χ1) is 6.52. The van der Waals surface area contributed by atoms with Crippen LogP contribution in [0.25, 0.3) is 0 Å². The van der Waals surface area contributed by atoms with E-state index in [0.717, 1.165) is 0 Å². The Morgan fingerprint density at radius 1 is 1.21 bits per heavy atom. The van der Waals surface area contributed by atoms with Crippen LogP contribution < -0.4 is 0 Å². The standard InChI is InChI=1S/C10H13F2NO/c11-10(12)5-3-9(14,4-6-10)8-2-1-7-13-8/h1-2,7,13-14H,3-6H2. The van der Waals surface area contributed by atoms with Gasteiger partial charge in [-0.2, -0.15) is 0 Å². The third-order valence-electron chi connectivity index (χ3n) is 2.91. The molecule has 14 heavy (non-hydrogen) atoms. The predicted molar refractivity (Wildman–Crippen MR) is 48.1 cm³/mol. The Kier molecular flexibility index (Phi) is 2.10. The Morgan fingerprint density at radius 3 is 2.36 bits per heavy atom. The molecule has 0 aromatic carbocycles. The molecular formula is C10H13F2NO. The second-order valence-electron chi connectivity index (χ2n) is 3.97. The maximum atomic E-state index is 12.9. The van der Waals surface area contributed by atoms with E-state index in [0.29, 0.717) is 5.69 Å². The summed E-state index contributed by atoms with van der Waals surface area (Å²) >= 11 is 0. The minimum absolute atomic E-state index is 0.126. The van der Waals surface area contributed by atoms with Gasteiger partial charge in [0.25, 0.3) is 0 Å². The van der Waals surface area contributed by atoms with Gasteiger partial charge in [0.1, 0.15) is 5.60 Å². The van der Waals surface area contributed by atoms with Crippen LogP contribution in [-0.2, 0) is 5.60 Å². The van der Waals surface area contributed by atoms with Gasteiger partial charge in [-0.1, -0.05) is 0 Å². The third kappa shape index (κ3) is 1.66. The molecule has 1 heterocycles. The summed E-state index contributed by atoms with van der Waals surface area (Å²) in [5.41, 5.74) is -0.432. The number of H-pyrrole nitrogens is 1. The highest BCUT2D eigenvalue weighted by Crippen LogP contribution is 2.42. The second-order valence-corrected chi connectivity index (χ2v) is 3.97. The molecule has 0 radical (unpaired) electrons. The van der Waals surface area contributed by atoms with Gasteiger partial charge in [-0.15, -0.1) is 0 Å². The first kappa shape index (κ1) is 9.65. The van der Waals surface area contributed by atoms with Gasteiger partial charge in [0.2, 0.25) is 5.92 Å². The molecular weight excluding hydrogens is 188 g/mol. The summed E-state index contributed by atoms with van der Waals surface area (Å²) in [6, 6.07) is 3.50. The van der Waals surface area contributed by atoms with E-state index in [4.69, 9.17) is 0 Å². The van der Waals surface area contributed by atoms with Gasteiger partial charge in [-0.05, 0) is 25.0 Å². The van der Waals surface area contributed by atoms with Gasteiger partial charge in [0.15, 0.2) is 0 Å². The lowest BCUT2D eigenvalue weighted by Gasteiger charge is -2.35. The number of aromatic nitrogens is 1. The van der Waals surface area contributed by atoms with Crippen molar-refractivity contribution in [2.75, 3.05) is 0 Å². The van der Waals surface area contributed by atoms with Gasteiger partial charge in [0.05, 0.1) is 0 Å². The molecule has 0 unspecified atom stereocenters. The number of hydrogen-bond donors (Lipinski definition) is 2. The van der Waals surface area contributed by atoms with E-state index in [1.807, 2.05) is 0 Å². The Hall–Kier alpha value is -0.900. The fourth-order valence-electron chi connectivity index (χ4n) is 1.92. The lowest BCUT2D eigenvalue weighted by molar-refractivity contribution is -0.108. The Balaban J connectivity index is 2.13. The number of aliphatic hydroxyl groups is 1. The van der Waals surface area contributed by atoms with Crippen molar-refractivity contribution in [3.05, 3.63) is 24.0 Å². The average molecular weight is 201 g/mol. The van der Waals surface area contributed by atoms with Crippen molar-refractivity contribution in [1.29, 1.82) is 0 Å². The predicted octanol–water partition coefficient (Wildman–Crippen LogP) is 2.41. The van der Waals surface area contributed by atoms with E-state index in [1.54, 1.807) is 18.3 Å². The van der Waals surface area contributed by atoms with Crippen LogP contribution in [0.4, 0.5) is 8.78 Å². The zero-order chi connectivity index (χ0) is 10.2. The number of halogens is 2. The second kappa shape index (κ2) is 3.05. The van der Waals surface area contributed by atoms with Crippen LogP contribution in [0, 0.1) is 0 Å². The lowest BCUT2D eigenvalue weighted by atomic mass is 9.81. The van der Waals surface area contributed by atoms with E-state index in [9.17, 15) is 13.9 Å². The molecule has 78 valence electrons. The summed E-state index contributed by atoms with van der Waals surface area (Å²) < 4.78 is 25.7. The van der Waals surface area contributed by atoms with E-state index >= 15 is 0 Å². The number of rotatable bonds is 1. The highest BCUT2D eigenvalue weighted by molar-refractivity contribution is 5.14. The van der Waals surface area contributed by atoms with Gasteiger partial charge >= 0.3 is 0 Å². The topological polar surface area (TPSA) is 36.0 Å². The van der Waals surface area contributed by atoms with Gasteiger partial charge < -0.3 is 10.1 Å². The SMILES string of the molecule is OC1(c2ccc[nH]2)CCC(F)(F)CC1. The van der Waals surface area contributed by atoms with Crippen LogP contribution in [-0.4, -0.2) is 16.0 Å². The van der Waals surface area contributed by atoms with Crippen molar-refractivity contribution < 1.29 is 13.9 Å². The van der Waals surface area contributed by atoms with E-state index in [-0.39, 0.29) is 25.7 Å². The van der Waals surface area contributed by atoms with Crippen LogP contribution in [0.5, 0.6) is 0 Å². The van der Waals surface area contributed by atoms with Crippen LogP contribution >= 0.6 is 0 Å². The average Bonchev–Trinajstić information content (AvgIpc) is 2.64. The van der Waals surface area contributed by atoms with Gasteiger partial charge in [0, 0.05) is 24.7 Å². The maximum Gasteiger partial charge on any atom is 0.248 e. The molecule has 0 amide bonds. The van der Waals surface area contributed by atoms with Gasteiger partial charge in [-0.25, -0.2) is 8.78 Å². The van der Waals surface area contributed by atoms with Gasteiger partial charge in [-0.3, -0.25) is 0 Å². The summed E-state index contributed by atoms with van der Waals surface area (Å²) in [5.74, 6) is -2.60. The molecule has 0 atom stereocenters. The first-order valence-corrected chi connectivity index (χ1v) is 4.76. The minimum atomic E-state index is -2.60. The van der Waals surface area contributed by atoms with E-state index in [1.165, 1.54) is 0 Å². The molecule has 2 nitrogen and oxygen atoms in total. The minimum Gasteiger partial charge on any atom is -0.384 e. The lowest BCUT2D eigenvalue weighted by Crippen LogP contribution is -2.36. The van der Waals surface area contributed by atoms with Crippen LogP contribution in [0.2, 0.25) is 0 Å². The summed E-state index contributed by atoms with van der Waals surface area (Å²) in [6.07, 6.45) is 1.48. The van der Waals surface area contributed by atoms with Crippen molar-refractivity contribution in [2.45, 2.75) is 37.2 Å². The molecule has 1 aliphatic carbocycles. The zero-order valence-electron chi connectivity index (χ0n) is 7.76. The Labute approximate surface area is 80.9 Å². The molecule has 1 aliphatic rings. The maximum absolute atomic E-state index is 12.9. The molecule has 0 aliphatic heterocycles. The fraction of sp³-hybridized carbons (Fsp3) is 0.600. The number of hydrogen-bond acceptors (Lipinski definition) is 1. The molecule has 4 heteroatoms. The Morgan fingerprint density at radius 2 is 1.86 bits per heavy atom. The summed E-state index contributed by atoms with van der Waals surface area (Å²) in [7, 11) is 0. The summed E-state index contributed by atoms with van der Waals surface area (Å²) in [5, 5.41) is 10.1. The van der Waals surface area contributed by atoms with Crippen LogP contribution in [0.1, 0.15) is 31.4 Å². The molecule has 0 spiro atoms. The normalized spacial score (nSPS) is 24.8. The molecule has 2 rings (SSSR count). The fourth-order valence-corrected chi connectivity index (χ4v) is 1.92. The van der Waals surface area contributed by atoms with E-state index in [2.05, 4.69) is 4.98 Å². The molecule has 1 aromatic heterocycles.